The Hall–Kier alpha value is -1.91. The van der Waals surface area contributed by atoms with E-state index in [1.165, 1.54) is 6.07 Å². The van der Waals surface area contributed by atoms with Gasteiger partial charge < -0.3 is 10.1 Å². The molecule has 4 nitrogen and oxygen atoms in total. The van der Waals surface area contributed by atoms with Gasteiger partial charge in [-0.15, -0.1) is 0 Å². The van der Waals surface area contributed by atoms with Crippen LogP contribution in [0.1, 0.15) is 63.9 Å². The van der Waals surface area contributed by atoms with Gasteiger partial charge in [0.15, 0.2) is 6.61 Å². The summed E-state index contributed by atoms with van der Waals surface area (Å²) >= 11 is 0. The monoisotopic (exact) mass is 361 g/mol. The van der Waals surface area contributed by atoms with Crippen LogP contribution in [0.5, 0.6) is 0 Å². The molecule has 1 N–H and O–H groups in total. The zero-order valence-corrected chi connectivity index (χ0v) is 15.4. The minimum absolute atomic E-state index is 0.171. The number of hydrogen-bond donors (Lipinski definition) is 1. The zero-order chi connectivity index (χ0) is 18.6. The average Bonchev–Trinajstić information content (AvgIpc) is 3.13. The summed E-state index contributed by atoms with van der Waals surface area (Å²) in [6, 6.07) is 6.56. The molecule has 142 valence electrons. The van der Waals surface area contributed by atoms with Crippen molar-refractivity contribution in [3.05, 3.63) is 35.6 Å². The summed E-state index contributed by atoms with van der Waals surface area (Å²) < 4.78 is 19.6. The van der Waals surface area contributed by atoms with Crippen LogP contribution in [0, 0.1) is 11.7 Å². The highest BCUT2D eigenvalue weighted by molar-refractivity contribution is 5.86. The Labute approximate surface area is 154 Å². The Morgan fingerprint density at radius 3 is 2.46 bits per heavy atom. The number of hydrogen-bond acceptors (Lipinski definition) is 3. The third-order valence-corrected chi connectivity index (χ3v) is 5.95. The van der Waals surface area contributed by atoms with Gasteiger partial charge in [-0.1, -0.05) is 38.0 Å². The fourth-order valence-electron chi connectivity index (χ4n) is 4.35. The van der Waals surface area contributed by atoms with Crippen LogP contribution in [0.3, 0.4) is 0 Å². The molecule has 0 unspecified atom stereocenters. The second-order valence-electron chi connectivity index (χ2n) is 7.87. The molecule has 5 heteroatoms. The number of amides is 1. The number of esters is 1. The Bertz CT molecular complexity index is 646. The standard InChI is InChI=1S/C21H28FNO3/c1-15-8-10-16(11-9-15)23-19(24)14-26-20(25)21(12-4-5-13-21)17-6-2-3-7-18(17)22/h2-3,6-7,15-16H,4-5,8-14H2,1H3,(H,23,24). The van der Waals surface area contributed by atoms with Crippen molar-refractivity contribution in [2.45, 2.75) is 69.7 Å². The van der Waals surface area contributed by atoms with Crippen molar-refractivity contribution in [3.63, 3.8) is 0 Å². The Balaban J connectivity index is 1.59. The van der Waals surface area contributed by atoms with Crippen LogP contribution in [0.2, 0.25) is 0 Å². The first-order valence-corrected chi connectivity index (χ1v) is 9.73. The normalized spacial score (nSPS) is 24.8. The lowest BCUT2D eigenvalue weighted by Crippen LogP contribution is -2.42. The Morgan fingerprint density at radius 2 is 1.81 bits per heavy atom. The van der Waals surface area contributed by atoms with E-state index in [4.69, 9.17) is 4.74 Å². The lowest BCUT2D eigenvalue weighted by molar-refractivity contribution is -0.154. The van der Waals surface area contributed by atoms with Crippen LogP contribution in [0.15, 0.2) is 24.3 Å². The second kappa shape index (κ2) is 8.19. The molecule has 1 amide bonds. The summed E-state index contributed by atoms with van der Waals surface area (Å²) in [7, 11) is 0. The number of rotatable bonds is 5. The smallest absolute Gasteiger partial charge is 0.317 e. The third-order valence-electron chi connectivity index (χ3n) is 5.95. The fraction of sp³-hybridized carbons (Fsp3) is 0.619. The van der Waals surface area contributed by atoms with Crippen molar-refractivity contribution in [3.8, 4) is 0 Å². The van der Waals surface area contributed by atoms with Gasteiger partial charge in [0, 0.05) is 11.6 Å². The van der Waals surface area contributed by atoms with E-state index in [2.05, 4.69) is 12.2 Å². The first kappa shape index (κ1) is 18.9. The van der Waals surface area contributed by atoms with Gasteiger partial charge in [0.25, 0.3) is 5.91 Å². The minimum atomic E-state index is -0.952. The van der Waals surface area contributed by atoms with Crippen LogP contribution < -0.4 is 5.32 Å². The number of carbonyl (C=O) groups excluding carboxylic acids is 2. The number of carbonyl (C=O) groups is 2. The molecular formula is C21H28FNO3. The van der Waals surface area contributed by atoms with Crippen LogP contribution in [-0.4, -0.2) is 24.5 Å². The van der Waals surface area contributed by atoms with E-state index in [1.807, 2.05) is 0 Å². The minimum Gasteiger partial charge on any atom is -0.455 e. The summed E-state index contributed by atoms with van der Waals surface area (Å²) in [5, 5.41) is 2.96. The van der Waals surface area contributed by atoms with E-state index in [0.29, 0.717) is 24.3 Å². The highest BCUT2D eigenvalue weighted by Crippen LogP contribution is 2.43. The molecule has 0 bridgehead atoms. The first-order valence-electron chi connectivity index (χ1n) is 9.73. The van der Waals surface area contributed by atoms with Crippen molar-refractivity contribution in [2.75, 3.05) is 6.61 Å². The van der Waals surface area contributed by atoms with E-state index in [9.17, 15) is 14.0 Å². The van der Waals surface area contributed by atoms with Gasteiger partial charge in [-0.25, -0.2) is 4.39 Å². The van der Waals surface area contributed by atoms with Gasteiger partial charge in [-0.05, 0) is 50.5 Å². The topological polar surface area (TPSA) is 55.4 Å². The van der Waals surface area contributed by atoms with E-state index < -0.39 is 11.4 Å². The molecule has 0 aromatic heterocycles. The molecule has 0 saturated heterocycles. The quantitative estimate of drug-likeness (QED) is 0.810. The van der Waals surface area contributed by atoms with E-state index in [1.54, 1.807) is 18.2 Å². The summed E-state index contributed by atoms with van der Waals surface area (Å²) in [4.78, 5) is 24.9. The molecule has 0 heterocycles. The summed E-state index contributed by atoms with van der Waals surface area (Å²) in [6.45, 7) is 1.94. The van der Waals surface area contributed by atoms with Crippen LogP contribution in [-0.2, 0) is 19.7 Å². The zero-order valence-electron chi connectivity index (χ0n) is 15.4. The van der Waals surface area contributed by atoms with Gasteiger partial charge in [0.05, 0.1) is 5.41 Å². The molecule has 0 atom stereocenters. The van der Waals surface area contributed by atoms with E-state index in [-0.39, 0.29) is 24.4 Å². The molecule has 1 aromatic carbocycles. The molecular weight excluding hydrogens is 333 g/mol. The first-order chi connectivity index (χ1) is 12.5. The Morgan fingerprint density at radius 1 is 1.15 bits per heavy atom. The summed E-state index contributed by atoms with van der Waals surface area (Å²) in [5.41, 5.74) is -0.560. The van der Waals surface area contributed by atoms with Gasteiger partial charge in [-0.3, -0.25) is 9.59 Å². The maximum absolute atomic E-state index is 14.3. The largest absolute Gasteiger partial charge is 0.455 e. The molecule has 2 aliphatic carbocycles. The molecule has 2 saturated carbocycles. The molecule has 2 fully saturated rings. The Kier molecular flexibility index (Phi) is 5.94. The number of benzene rings is 1. The maximum Gasteiger partial charge on any atom is 0.317 e. The average molecular weight is 361 g/mol. The SMILES string of the molecule is CC1CCC(NC(=O)COC(=O)C2(c3ccccc3F)CCCC2)CC1. The van der Waals surface area contributed by atoms with Crippen LogP contribution in [0.4, 0.5) is 4.39 Å². The number of nitrogens with one attached hydrogen (secondary N) is 1. The number of ether oxygens (including phenoxy) is 1. The van der Waals surface area contributed by atoms with E-state index >= 15 is 0 Å². The van der Waals surface area contributed by atoms with E-state index in [0.717, 1.165) is 38.5 Å². The van der Waals surface area contributed by atoms with Gasteiger partial charge >= 0.3 is 5.97 Å². The summed E-state index contributed by atoms with van der Waals surface area (Å²) in [6.07, 6.45) is 7.01. The second-order valence-corrected chi connectivity index (χ2v) is 7.87. The van der Waals surface area contributed by atoms with Gasteiger partial charge in [0.1, 0.15) is 5.82 Å². The molecule has 3 rings (SSSR count). The highest BCUT2D eigenvalue weighted by atomic mass is 19.1. The van der Waals surface area contributed by atoms with Crippen molar-refractivity contribution in [1.29, 1.82) is 0 Å². The predicted octanol–water partition coefficient (Wildman–Crippen LogP) is 3.88. The van der Waals surface area contributed by atoms with Crippen molar-refractivity contribution in [2.24, 2.45) is 5.92 Å². The lowest BCUT2D eigenvalue weighted by Gasteiger charge is -2.28. The van der Waals surface area contributed by atoms with Crippen LogP contribution >= 0.6 is 0 Å². The fourth-order valence-corrected chi connectivity index (χ4v) is 4.35. The van der Waals surface area contributed by atoms with Gasteiger partial charge in [0.2, 0.25) is 0 Å². The maximum atomic E-state index is 14.3. The third kappa shape index (κ3) is 4.08. The van der Waals surface area contributed by atoms with Gasteiger partial charge in [-0.2, -0.15) is 0 Å². The number of halogens is 1. The molecule has 0 radical (unpaired) electrons. The molecule has 0 aliphatic heterocycles. The highest BCUT2D eigenvalue weighted by Gasteiger charge is 2.46. The van der Waals surface area contributed by atoms with Crippen LogP contribution in [0.25, 0.3) is 0 Å². The predicted molar refractivity (Wildman–Crippen MR) is 97.1 cm³/mol. The lowest BCUT2D eigenvalue weighted by atomic mass is 9.78. The summed E-state index contributed by atoms with van der Waals surface area (Å²) in [5.74, 6) is -0.414. The molecule has 2 aliphatic rings. The van der Waals surface area contributed by atoms with Crippen molar-refractivity contribution >= 4 is 11.9 Å². The molecule has 0 spiro atoms. The molecule has 26 heavy (non-hydrogen) atoms. The van der Waals surface area contributed by atoms with Crippen molar-refractivity contribution < 1.29 is 18.7 Å². The molecule has 1 aromatic rings. The van der Waals surface area contributed by atoms with Crippen molar-refractivity contribution in [1.82, 2.24) is 5.32 Å².